The van der Waals surface area contributed by atoms with Gasteiger partial charge in [0.05, 0.1) is 5.69 Å². The Bertz CT molecular complexity index is 3560. The summed E-state index contributed by atoms with van der Waals surface area (Å²) in [4.78, 5) is 2.66. The van der Waals surface area contributed by atoms with E-state index in [4.69, 9.17) is 0 Å². The molecule has 3 unspecified atom stereocenters. The van der Waals surface area contributed by atoms with Crippen LogP contribution in [0.2, 0.25) is 0 Å². The molecular weight excluding hydrogens is 833 g/mol. The fourth-order valence-electron chi connectivity index (χ4n) is 12.6. The van der Waals surface area contributed by atoms with Gasteiger partial charge in [0, 0.05) is 46.1 Å². The molecule has 3 aliphatic carbocycles. The van der Waals surface area contributed by atoms with Crippen molar-refractivity contribution in [2.75, 3.05) is 4.90 Å². The normalized spacial score (nSPS) is 19.0. The van der Waals surface area contributed by atoms with Gasteiger partial charge in [0.25, 0.3) is 0 Å². The molecule has 0 bridgehead atoms. The number of benzene rings is 8. The summed E-state index contributed by atoms with van der Waals surface area (Å²) < 4.78 is 2.57. The van der Waals surface area contributed by atoms with Crippen LogP contribution in [0.3, 0.4) is 0 Å². The average Bonchev–Trinajstić information content (AvgIpc) is 4.13. The predicted octanol–water partition coefficient (Wildman–Crippen LogP) is 17.7. The number of hydrogen-bond donors (Lipinski definition) is 0. The van der Waals surface area contributed by atoms with Gasteiger partial charge in [-0.05, 0) is 152 Å². The summed E-state index contributed by atoms with van der Waals surface area (Å²) in [6.45, 7) is 4.81. The second kappa shape index (κ2) is 16.8. The molecule has 334 valence electrons. The van der Waals surface area contributed by atoms with Crippen molar-refractivity contribution in [1.29, 1.82) is 0 Å². The lowest BCUT2D eigenvalue weighted by Crippen LogP contribution is -2.35. The highest BCUT2D eigenvalue weighted by molar-refractivity contribution is 6.22. The van der Waals surface area contributed by atoms with Crippen LogP contribution >= 0.6 is 0 Å². The van der Waals surface area contributed by atoms with Gasteiger partial charge in [0.2, 0.25) is 0 Å². The Labute approximate surface area is 406 Å². The summed E-state index contributed by atoms with van der Waals surface area (Å²) in [7, 11) is 0. The van der Waals surface area contributed by atoms with E-state index in [1.807, 2.05) is 0 Å². The Morgan fingerprint density at radius 1 is 0.493 bits per heavy atom. The minimum Gasteiger partial charge on any atom is -0.337 e. The first-order chi connectivity index (χ1) is 34.0. The van der Waals surface area contributed by atoms with E-state index in [9.17, 15) is 0 Å². The van der Waals surface area contributed by atoms with E-state index in [0.29, 0.717) is 17.9 Å². The van der Waals surface area contributed by atoms with Crippen LogP contribution < -0.4 is 4.90 Å². The van der Waals surface area contributed by atoms with E-state index in [2.05, 4.69) is 248 Å². The molecule has 0 saturated carbocycles. The van der Waals surface area contributed by atoms with Crippen LogP contribution in [0, 0.1) is 5.92 Å². The van der Waals surface area contributed by atoms with Crippen molar-refractivity contribution in [2.24, 2.45) is 5.92 Å². The third-order valence-corrected chi connectivity index (χ3v) is 15.9. The van der Waals surface area contributed by atoms with Crippen molar-refractivity contribution in [2.45, 2.75) is 63.3 Å². The van der Waals surface area contributed by atoms with Gasteiger partial charge >= 0.3 is 0 Å². The molecule has 0 spiro atoms. The fourth-order valence-corrected chi connectivity index (χ4v) is 12.6. The standard InChI is InChI=1S/C67H56N2/c1-67(2)59-31-19-18-30-53(59)54-35-32-50(42-60(54)67)66-56-37-34-51(68-61(45-20-8-3-9-21-45)38-39-62(68)46-22-10-4-11-23-46)43-57(56)65(49-28-16-7-17-29-49)55-36-33-52(44-58(55)66)69-63(47-24-12-5-13-25-47)40-41-64(69)48-26-14-6-15-27-48/h3-5,7-14,16-22,24-26,28-38,40-44,46,48,62H,6,15,23,27,39H2,1-2H3. The topological polar surface area (TPSA) is 8.17 Å². The van der Waals surface area contributed by atoms with Crippen molar-refractivity contribution >= 4 is 32.9 Å². The number of allylic oxidation sites excluding steroid dienone is 5. The number of anilines is 1. The summed E-state index contributed by atoms with van der Waals surface area (Å²) in [5, 5.41) is 5.06. The van der Waals surface area contributed by atoms with Crippen LogP contribution in [0.4, 0.5) is 5.69 Å². The molecule has 2 heteroatoms. The zero-order chi connectivity index (χ0) is 46.1. The minimum absolute atomic E-state index is 0.137. The molecule has 69 heavy (non-hydrogen) atoms. The highest BCUT2D eigenvalue weighted by Crippen LogP contribution is 2.53. The number of fused-ring (bicyclic) bond motifs is 5. The van der Waals surface area contributed by atoms with Gasteiger partial charge in [0.15, 0.2) is 0 Å². The number of nitrogens with zero attached hydrogens (tertiary/aromatic N) is 2. The molecule has 9 aromatic rings. The van der Waals surface area contributed by atoms with Gasteiger partial charge in [-0.3, -0.25) is 0 Å². The summed E-state index contributed by atoms with van der Waals surface area (Å²) in [6.07, 6.45) is 22.1. The van der Waals surface area contributed by atoms with Gasteiger partial charge < -0.3 is 9.47 Å². The lowest BCUT2D eigenvalue weighted by Gasteiger charge is -2.35. The van der Waals surface area contributed by atoms with Gasteiger partial charge in [-0.1, -0.05) is 196 Å². The SMILES string of the molecule is CC1(C)c2ccccc2-c2ccc(-c3c4ccc(N5C(c6ccccc6)=CCC5C5C=CC=CC5)cc4c(-c4ccccc4)c4ccc(-n5c(-c6ccccc6)ccc5C5C=CCCC5)cc34)cc21. The molecule has 13 rings (SSSR count). The van der Waals surface area contributed by atoms with Crippen LogP contribution in [-0.2, 0) is 5.41 Å². The summed E-state index contributed by atoms with van der Waals surface area (Å²) >= 11 is 0. The highest BCUT2D eigenvalue weighted by atomic mass is 15.2. The third-order valence-electron chi connectivity index (χ3n) is 15.9. The smallest absolute Gasteiger partial charge is 0.0531 e. The molecule has 0 fully saturated rings. The van der Waals surface area contributed by atoms with E-state index in [1.54, 1.807) is 0 Å². The van der Waals surface area contributed by atoms with E-state index in [-0.39, 0.29) is 5.41 Å². The fraction of sp³-hybridized carbons (Fsp3) is 0.164. The van der Waals surface area contributed by atoms with Crippen LogP contribution in [0.25, 0.3) is 77.6 Å². The molecule has 0 N–H and O–H groups in total. The van der Waals surface area contributed by atoms with Crippen LogP contribution in [0.5, 0.6) is 0 Å². The number of hydrogen-bond acceptors (Lipinski definition) is 1. The van der Waals surface area contributed by atoms with E-state index < -0.39 is 0 Å². The van der Waals surface area contributed by atoms with Gasteiger partial charge in [0.1, 0.15) is 0 Å². The number of rotatable bonds is 8. The van der Waals surface area contributed by atoms with Crippen LogP contribution in [0.1, 0.15) is 74.3 Å². The zero-order valence-corrected chi connectivity index (χ0v) is 39.5. The zero-order valence-electron chi connectivity index (χ0n) is 39.5. The van der Waals surface area contributed by atoms with Gasteiger partial charge in [-0.2, -0.15) is 0 Å². The second-order valence-corrected chi connectivity index (χ2v) is 20.2. The van der Waals surface area contributed by atoms with E-state index in [0.717, 1.165) is 25.7 Å². The largest absolute Gasteiger partial charge is 0.337 e. The Hall–Kier alpha value is -7.68. The molecule has 4 aliphatic rings. The molecule has 3 atom stereocenters. The van der Waals surface area contributed by atoms with Gasteiger partial charge in [-0.25, -0.2) is 0 Å². The minimum atomic E-state index is -0.137. The maximum absolute atomic E-state index is 2.66. The molecule has 0 radical (unpaired) electrons. The summed E-state index contributed by atoms with van der Waals surface area (Å²) in [5.74, 6) is 0.760. The Kier molecular flexibility index (Phi) is 10.1. The Morgan fingerprint density at radius 3 is 1.88 bits per heavy atom. The summed E-state index contributed by atoms with van der Waals surface area (Å²) in [6, 6.07) is 69.3. The highest BCUT2D eigenvalue weighted by Gasteiger charge is 2.37. The molecule has 0 saturated heterocycles. The Morgan fingerprint density at radius 2 is 1.16 bits per heavy atom. The molecular formula is C67H56N2. The first-order valence-corrected chi connectivity index (χ1v) is 25.2. The van der Waals surface area contributed by atoms with E-state index >= 15 is 0 Å². The molecule has 1 aliphatic heterocycles. The lowest BCUT2D eigenvalue weighted by molar-refractivity contribution is 0.514. The number of aromatic nitrogens is 1. The predicted molar refractivity (Wildman–Crippen MR) is 292 cm³/mol. The van der Waals surface area contributed by atoms with Crippen LogP contribution in [-0.4, -0.2) is 10.6 Å². The second-order valence-electron chi connectivity index (χ2n) is 20.2. The maximum Gasteiger partial charge on any atom is 0.0531 e. The first kappa shape index (κ1) is 41.5. The van der Waals surface area contributed by atoms with Crippen molar-refractivity contribution < 1.29 is 0 Å². The molecule has 2 heterocycles. The Balaban J connectivity index is 1.10. The van der Waals surface area contributed by atoms with Crippen LogP contribution in [0.15, 0.2) is 225 Å². The van der Waals surface area contributed by atoms with Gasteiger partial charge in [-0.15, -0.1) is 0 Å². The van der Waals surface area contributed by atoms with Crippen molar-refractivity contribution in [1.82, 2.24) is 4.57 Å². The third kappa shape index (κ3) is 6.91. The van der Waals surface area contributed by atoms with Crippen molar-refractivity contribution in [3.8, 4) is 50.3 Å². The molecule has 0 amide bonds. The monoisotopic (exact) mass is 888 g/mol. The quantitative estimate of drug-likeness (QED) is 0.109. The van der Waals surface area contributed by atoms with Crippen molar-refractivity contribution in [3.63, 3.8) is 0 Å². The molecule has 2 nitrogen and oxygen atoms in total. The first-order valence-electron chi connectivity index (χ1n) is 25.2. The summed E-state index contributed by atoms with van der Waals surface area (Å²) in [5.41, 5.74) is 19.2. The maximum atomic E-state index is 2.66. The molecule has 8 aromatic carbocycles. The average molecular weight is 889 g/mol. The molecule has 1 aromatic heterocycles. The lowest BCUT2D eigenvalue weighted by atomic mass is 9.80. The van der Waals surface area contributed by atoms with E-state index in [1.165, 1.54) is 112 Å². The van der Waals surface area contributed by atoms with Crippen molar-refractivity contribution in [3.05, 3.63) is 247 Å².